The number of ether oxygens (including phenoxy) is 1. The van der Waals surface area contributed by atoms with Gasteiger partial charge in [0.15, 0.2) is 0 Å². The van der Waals surface area contributed by atoms with E-state index >= 15 is 0 Å². The number of methoxy groups -OCH3 is 1. The molecule has 0 N–H and O–H groups in total. The fraction of sp³-hybridized carbons (Fsp3) is 0.350. The van der Waals surface area contributed by atoms with E-state index in [2.05, 4.69) is 42.2 Å². The molecule has 0 aliphatic rings. The minimum Gasteiger partial charge on any atom is -0.496 e. The smallest absolute Gasteiger partial charge is 0.122 e. The van der Waals surface area contributed by atoms with Crippen molar-refractivity contribution in [2.75, 3.05) is 26.1 Å². The molecule has 0 spiro atoms. The number of anilines is 1. The molecular weight excluding hydrogens is 284 g/mol. The van der Waals surface area contributed by atoms with Crippen LogP contribution in [-0.4, -0.2) is 21.2 Å². The highest BCUT2D eigenvalue weighted by Gasteiger charge is 2.14. The van der Waals surface area contributed by atoms with E-state index in [0.717, 1.165) is 23.4 Å². The van der Waals surface area contributed by atoms with Crippen molar-refractivity contribution >= 4 is 5.69 Å². The van der Waals surface area contributed by atoms with Gasteiger partial charge in [-0.3, -0.25) is 0 Å². The number of benzene rings is 2. The summed E-state index contributed by atoms with van der Waals surface area (Å²) in [6.07, 6.45) is 1.63. The maximum absolute atomic E-state index is 9.61. The van der Waals surface area contributed by atoms with Crippen LogP contribution in [0.2, 0.25) is 0 Å². The van der Waals surface area contributed by atoms with Crippen molar-refractivity contribution in [3.63, 3.8) is 0 Å². The first-order valence-corrected chi connectivity index (χ1v) is 7.91. The summed E-state index contributed by atoms with van der Waals surface area (Å²) in [5.41, 5.74) is 4.53. The molecule has 120 valence electrons. The van der Waals surface area contributed by atoms with Gasteiger partial charge >= 0.3 is 0 Å². The summed E-state index contributed by atoms with van der Waals surface area (Å²) >= 11 is 0. The molecule has 0 fully saturated rings. The maximum Gasteiger partial charge on any atom is 0.122 e. The second-order valence-corrected chi connectivity index (χ2v) is 5.87. The average Bonchev–Trinajstić information content (AvgIpc) is 2.59. The van der Waals surface area contributed by atoms with E-state index in [-0.39, 0.29) is 5.92 Å². The number of hydrogen-bond acceptors (Lipinski definition) is 3. The third kappa shape index (κ3) is 4.04. The van der Waals surface area contributed by atoms with Gasteiger partial charge in [0.25, 0.3) is 0 Å². The van der Waals surface area contributed by atoms with Crippen LogP contribution in [-0.2, 0) is 12.8 Å². The lowest BCUT2D eigenvalue weighted by Gasteiger charge is -2.16. The molecule has 3 nitrogen and oxygen atoms in total. The zero-order valence-electron chi connectivity index (χ0n) is 14.3. The summed E-state index contributed by atoms with van der Waals surface area (Å²) in [4.78, 5) is 2.06. The van der Waals surface area contributed by atoms with Gasteiger partial charge in [0.2, 0.25) is 0 Å². The number of nitrogens with zero attached hydrogens (tertiary/aromatic N) is 2. The normalized spacial score (nSPS) is 11.6. The van der Waals surface area contributed by atoms with Crippen LogP contribution in [0.15, 0.2) is 42.5 Å². The summed E-state index contributed by atoms with van der Waals surface area (Å²) in [5.74, 6) is 0.771. The summed E-state index contributed by atoms with van der Waals surface area (Å²) < 4.78 is 5.38. The van der Waals surface area contributed by atoms with Crippen molar-refractivity contribution in [2.45, 2.75) is 25.7 Å². The first kappa shape index (κ1) is 16.9. The number of rotatable bonds is 6. The average molecular weight is 308 g/mol. The lowest BCUT2D eigenvalue weighted by molar-refractivity contribution is 0.410. The van der Waals surface area contributed by atoms with Crippen molar-refractivity contribution in [3.05, 3.63) is 59.2 Å². The van der Waals surface area contributed by atoms with Crippen LogP contribution >= 0.6 is 0 Å². The third-order valence-corrected chi connectivity index (χ3v) is 4.11. The van der Waals surface area contributed by atoms with Gasteiger partial charge in [0, 0.05) is 19.8 Å². The number of hydrogen-bond donors (Lipinski definition) is 0. The van der Waals surface area contributed by atoms with Crippen LogP contribution in [0.3, 0.4) is 0 Å². The Morgan fingerprint density at radius 3 is 2.57 bits per heavy atom. The second kappa shape index (κ2) is 7.69. The highest BCUT2D eigenvalue weighted by Crippen LogP contribution is 2.27. The SMILES string of the molecule is CCc1cc(CC(C#N)c2cccc(N(C)C)c2)ccc1OC. The van der Waals surface area contributed by atoms with Crippen molar-refractivity contribution in [3.8, 4) is 11.8 Å². The largest absolute Gasteiger partial charge is 0.496 e. The van der Waals surface area contributed by atoms with Gasteiger partial charge in [0.05, 0.1) is 19.1 Å². The fourth-order valence-corrected chi connectivity index (χ4v) is 2.73. The number of aryl methyl sites for hydroxylation is 1. The Labute approximate surface area is 139 Å². The molecular formula is C20H24N2O. The molecule has 0 heterocycles. The molecule has 0 aromatic heterocycles. The monoisotopic (exact) mass is 308 g/mol. The van der Waals surface area contributed by atoms with Gasteiger partial charge in [-0.25, -0.2) is 0 Å². The Hall–Kier alpha value is -2.47. The Morgan fingerprint density at radius 2 is 1.96 bits per heavy atom. The lowest BCUT2D eigenvalue weighted by atomic mass is 9.92. The van der Waals surface area contributed by atoms with E-state index in [9.17, 15) is 5.26 Å². The molecule has 2 aromatic carbocycles. The maximum atomic E-state index is 9.61. The Kier molecular flexibility index (Phi) is 5.65. The molecule has 0 aliphatic heterocycles. The van der Waals surface area contributed by atoms with E-state index in [1.54, 1.807) is 7.11 Å². The van der Waals surface area contributed by atoms with Crippen LogP contribution in [0.4, 0.5) is 5.69 Å². The van der Waals surface area contributed by atoms with E-state index in [1.165, 1.54) is 11.1 Å². The minimum atomic E-state index is -0.145. The molecule has 0 saturated carbocycles. The molecule has 0 saturated heterocycles. The van der Waals surface area contributed by atoms with Gasteiger partial charge in [-0.15, -0.1) is 0 Å². The van der Waals surface area contributed by atoms with Crippen LogP contribution in [0.1, 0.15) is 29.5 Å². The highest BCUT2D eigenvalue weighted by atomic mass is 16.5. The lowest BCUT2D eigenvalue weighted by Crippen LogP contribution is -2.09. The van der Waals surface area contributed by atoms with Gasteiger partial charge in [-0.1, -0.05) is 31.2 Å². The van der Waals surface area contributed by atoms with E-state index in [4.69, 9.17) is 4.74 Å². The highest BCUT2D eigenvalue weighted by molar-refractivity contribution is 5.49. The van der Waals surface area contributed by atoms with Crippen molar-refractivity contribution in [1.82, 2.24) is 0 Å². The zero-order chi connectivity index (χ0) is 16.8. The van der Waals surface area contributed by atoms with Gasteiger partial charge in [0.1, 0.15) is 5.75 Å². The summed E-state index contributed by atoms with van der Waals surface area (Å²) in [6.45, 7) is 2.12. The Bertz CT molecular complexity index is 701. The molecule has 0 radical (unpaired) electrons. The van der Waals surface area contributed by atoms with Crippen LogP contribution in [0.5, 0.6) is 5.75 Å². The van der Waals surface area contributed by atoms with Gasteiger partial charge < -0.3 is 9.64 Å². The molecule has 1 unspecified atom stereocenters. The molecule has 3 heteroatoms. The molecule has 2 aromatic rings. The zero-order valence-corrected chi connectivity index (χ0v) is 14.3. The second-order valence-electron chi connectivity index (χ2n) is 5.87. The third-order valence-electron chi connectivity index (χ3n) is 4.11. The quantitative estimate of drug-likeness (QED) is 0.803. The predicted octanol–water partition coefficient (Wildman–Crippen LogP) is 4.17. The summed E-state index contributed by atoms with van der Waals surface area (Å²) in [6, 6.07) is 16.9. The van der Waals surface area contributed by atoms with Crippen LogP contribution in [0.25, 0.3) is 0 Å². The number of nitriles is 1. The van der Waals surface area contributed by atoms with Crippen molar-refractivity contribution < 1.29 is 4.74 Å². The molecule has 0 bridgehead atoms. The molecule has 1 atom stereocenters. The summed E-state index contributed by atoms with van der Waals surface area (Å²) in [5, 5.41) is 9.61. The van der Waals surface area contributed by atoms with Crippen LogP contribution in [0, 0.1) is 11.3 Å². The molecule has 0 amide bonds. The standard InChI is InChI=1S/C20H24N2O/c1-5-16-11-15(9-10-20(16)23-4)12-18(14-21)17-7-6-8-19(13-17)22(2)3/h6-11,13,18H,5,12H2,1-4H3. The summed E-state index contributed by atoms with van der Waals surface area (Å²) in [7, 11) is 5.72. The van der Waals surface area contributed by atoms with E-state index in [1.807, 2.05) is 32.3 Å². The minimum absolute atomic E-state index is 0.145. The van der Waals surface area contributed by atoms with Crippen molar-refractivity contribution in [2.24, 2.45) is 0 Å². The molecule has 23 heavy (non-hydrogen) atoms. The van der Waals surface area contributed by atoms with Gasteiger partial charge in [-0.2, -0.15) is 5.26 Å². The predicted molar refractivity (Wildman–Crippen MR) is 95.2 cm³/mol. The van der Waals surface area contributed by atoms with Crippen molar-refractivity contribution in [1.29, 1.82) is 5.26 Å². The Morgan fingerprint density at radius 1 is 1.17 bits per heavy atom. The fourth-order valence-electron chi connectivity index (χ4n) is 2.73. The van der Waals surface area contributed by atoms with E-state index < -0.39 is 0 Å². The van der Waals surface area contributed by atoms with E-state index in [0.29, 0.717) is 6.42 Å². The molecule has 0 aliphatic carbocycles. The molecule has 2 rings (SSSR count). The first-order valence-electron chi connectivity index (χ1n) is 7.91. The van der Waals surface area contributed by atoms with Gasteiger partial charge in [-0.05, 0) is 47.7 Å². The Balaban J connectivity index is 2.26. The van der Waals surface area contributed by atoms with Crippen LogP contribution < -0.4 is 9.64 Å². The first-order chi connectivity index (χ1) is 11.1. The topological polar surface area (TPSA) is 36.3 Å².